The monoisotopic (exact) mass is 387 g/mol. The van der Waals surface area contributed by atoms with Crippen LogP contribution in [0, 0.1) is 0 Å². The van der Waals surface area contributed by atoms with E-state index in [9.17, 15) is 18.0 Å². The van der Waals surface area contributed by atoms with Crippen molar-refractivity contribution in [2.24, 2.45) is 0 Å². The second kappa shape index (κ2) is 7.52. The van der Waals surface area contributed by atoms with Gasteiger partial charge < -0.3 is 10.1 Å². The highest BCUT2D eigenvalue weighted by molar-refractivity contribution is 7.90. The average Bonchev–Trinajstić information content (AvgIpc) is 3.46. The summed E-state index contributed by atoms with van der Waals surface area (Å²) in [5.41, 5.74) is 1.07. The van der Waals surface area contributed by atoms with Gasteiger partial charge in [-0.15, -0.1) is 0 Å². The van der Waals surface area contributed by atoms with Gasteiger partial charge in [-0.1, -0.05) is 42.5 Å². The Hall–Kier alpha value is -2.67. The topological polar surface area (TPSA) is 89.5 Å². The van der Waals surface area contributed by atoms with Crippen molar-refractivity contribution < 1.29 is 22.7 Å². The molecule has 1 N–H and O–H groups in total. The van der Waals surface area contributed by atoms with Gasteiger partial charge >= 0.3 is 5.97 Å². The summed E-state index contributed by atoms with van der Waals surface area (Å²) in [4.78, 5) is 24.1. The first-order valence-corrected chi connectivity index (χ1v) is 10.5. The van der Waals surface area contributed by atoms with Crippen LogP contribution in [0.25, 0.3) is 0 Å². The molecule has 6 nitrogen and oxygen atoms in total. The van der Waals surface area contributed by atoms with E-state index in [1.807, 2.05) is 30.3 Å². The van der Waals surface area contributed by atoms with Crippen molar-refractivity contribution >= 4 is 21.7 Å². The predicted octanol–water partition coefficient (Wildman–Crippen LogP) is 2.09. The molecule has 142 valence electrons. The Kier molecular flexibility index (Phi) is 5.32. The molecule has 0 heterocycles. The maximum Gasteiger partial charge on any atom is 0.339 e. The van der Waals surface area contributed by atoms with Crippen molar-refractivity contribution in [3.8, 4) is 0 Å². The molecule has 0 aliphatic heterocycles. The van der Waals surface area contributed by atoms with Gasteiger partial charge in [-0.3, -0.25) is 4.79 Å². The Morgan fingerprint density at radius 1 is 1.04 bits per heavy atom. The zero-order valence-corrected chi connectivity index (χ0v) is 15.8. The van der Waals surface area contributed by atoms with Gasteiger partial charge in [0.15, 0.2) is 16.4 Å². The van der Waals surface area contributed by atoms with E-state index in [0.29, 0.717) is 6.54 Å². The molecule has 1 aliphatic carbocycles. The first-order valence-electron chi connectivity index (χ1n) is 8.60. The Bertz CT molecular complexity index is 949. The van der Waals surface area contributed by atoms with Crippen molar-refractivity contribution in [2.45, 2.75) is 23.2 Å². The number of hydrogen-bond acceptors (Lipinski definition) is 5. The minimum absolute atomic E-state index is 0.0379. The van der Waals surface area contributed by atoms with Crippen LogP contribution in [0.4, 0.5) is 0 Å². The van der Waals surface area contributed by atoms with Crippen LogP contribution in [0.1, 0.15) is 28.8 Å². The minimum Gasteiger partial charge on any atom is -0.452 e. The lowest BCUT2D eigenvalue weighted by Gasteiger charge is -2.16. The highest BCUT2D eigenvalue weighted by Crippen LogP contribution is 2.47. The second-order valence-corrected chi connectivity index (χ2v) is 8.75. The maximum absolute atomic E-state index is 12.2. The summed E-state index contributed by atoms with van der Waals surface area (Å²) in [6.45, 7) is 0.0229. The number of esters is 1. The first-order chi connectivity index (χ1) is 12.8. The van der Waals surface area contributed by atoms with Gasteiger partial charge in [0, 0.05) is 18.2 Å². The SMILES string of the molecule is CS(=O)(=O)c1ccccc1C(=O)OCC(=O)NCC1(c2ccccc2)CC1. The standard InChI is InChI=1S/C20H21NO5S/c1-27(24,25)17-10-6-5-9-16(17)19(23)26-13-18(22)21-14-20(11-12-20)15-7-3-2-4-8-15/h2-10H,11-14H2,1H3,(H,21,22). The summed E-state index contributed by atoms with van der Waals surface area (Å²) in [5.74, 6) is -1.25. The van der Waals surface area contributed by atoms with Gasteiger partial charge in [0.2, 0.25) is 0 Å². The normalized spacial score (nSPS) is 15.0. The van der Waals surface area contributed by atoms with Gasteiger partial charge in [-0.25, -0.2) is 13.2 Å². The third-order valence-electron chi connectivity index (χ3n) is 4.70. The van der Waals surface area contributed by atoms with Gasteiger partial charge in [-0.05, 0) is 30.5 Å². The fraction of sp³-hybridized carbons (Fsp3) is 0.300. The van der Waals surface area contributed by atoms with Crippen molar-refractivity contribution in [1.82, 2.24) is 5.32 Å². The average molecular weight is 387 g/mol. The van der Waals surface area contributed by atoms with Gasteiger partial charge in [0.05, 0.1) is 10.5 Å². The van der Waals surface area contributed by atoms with Crippen LogP contribution in [0.15, 0.2) is 59.5 Å². The molecule has 1 aliphatic rings. The molecule has 0 unspecified atom stereocenters. The largest absolute Gasteiger partial charge is 0.452 e. The smallest absolute Gasteiger partial charge is 0.339 e. The Morgan fingerprint density at radius 3 is 2.30 bits per heavy atom. The van der Waals surface area contributed by atoms with E-state index in [-0.39, 0.29) is 15.9 Å². The van der Waals surface area contributed by atoms with Crippen LogP contribution in [0.5, 0.6) is 0 Å². The number of ether oxygens (including phenoxy) is 1. The summed E-state index contributed by atoms with van der Waals surface area (Å²) in [6.07, 6.45) is 3.02. The molecule has 1 fully saturated rings. The number of carbonyl (C=O) groups is 2. The van der Waals surface area contributed by atoms with Gasteiger partial charge in [0.1, 0.15) is 0 Å². The molecule has 2 aromatic rings. The van der Waals surface area contributed by atoms with Gasteiger partial charge in [-0.2, -0.15) is 0 Å². The molecular weight excluding hydrogens is 366 g/mol. The lowest BCUT2D eigenvalue weighted by Crippen LogP contribution is -2.35. The zero-order chi connectivity index (χ0) is 19.5. The number of carbonyl (C=O) groups excluding carboxylic acids is 2. The molecule has 27 heavy (non-hydrogen) atoms. The molecule has 0 radical (unpaired) electrons. The predicted molar refractivity (Wildman–Crippen MR) is 100 cm³/mol. The second-order valence-electron chi connectivity index (χ2n) is 6.77. The molecule has 3 rings (SSSR count). The molecule has 7 heteroatoms. The molecule has 1 saturated carbocycles. The van der Waals surface area contributed by atoms with E-state index >= 15 is 0 Å². The number of sulfone groups is 1. The highest BCUT2D eigenvalue weighted by atomic mass is 32.2. The van der Waals surface area contributed by atoms with E-state index in [1.165, 1.54) is 23.8 Å². The van der Waals surface area contributed by atoms with E-state index in [0.717, 1.165) is 19.1 Å². The first kappa shape index (κ1) is 19.1. The van der Waals surface area contributed by atoms with Crippen LogP contribution in [0.2, 0.25) is 0 Å². The summed E-state index contributed by atoms with van der Waals surface area (Å²) in [6, 6.07) is 15.7. The van der Waals surface area contributed by atoms with Crippen LogP contribution >= 0.6 is 0 Å². The fourth-order valence-corrected chi connectivity index (χ4v) is 3.87. The fourth-order valence-electron chi connectivity index (χ4n) is 3.00. The lowest BCUT2D eigenvalue weighted by molar-refractivity contribution is -0.124. The zero-order valence-electron chi connectivity index (χ0n) is 15.0. The Labute approximate surface area is 158 Å². The number of amides is 1. The molecule has 0 aromatic heterocycles. The van der Waals surface area contributed by atoms with Crippen LogP contribution in [0.3, 0.4) is 0 Å². The van der Waals surface area contributed by atoms with Gasteiger partial charge in [0.25, 0.3) is 5.91 Å². The van der Waals surface area contributed by atoms with E-state index < -0.39 is 28.3 Å². The third-order valence-corrected chi connectivity index (χ3v) is 5.86. The van der Waals surface area contributed by atoms with Crippen LogP contribution in [-0.2, 0) is 24.8 Å². The van der Waals surface area contributed by atoms with Crippen LogP contribution in [-0.4, -0.2) is 39.7 Å². The van der Waals surface area contributed by atoms with Crippen molar-refractivity contribution in [1.29, 1.82) is 0 Å². The molecule has 2 aromatic carbocycles. The maximum atomic E-state index is 12.2. The van der Waals surface area contributed by atoms with Crippen molar-refractivity contribution in [3.05, 3.63) is 65.7 Å². The minimum atomic E-state index is -3.57. The van der Waals surface area contributed by atoms with E-state index in [2.05, 4.69) is 5.32 Å². The molecule has 0 atom stereocenters. The summed E-state index contributed by atoms with van der Waals surface area (Å²) in [5, 5.41) is 2.80. The number of rotatable bonds is 7. The summed E-state index contributed by atoms with van der Waals surface area (Å²) < 4.78 is 28.5. The Balaban J connectivity index is 1.55. The van der Waals surface area contributed by atoms with Crippen molar-refractivity contribution in [2.75, 3.05) is 19.4 Å². The molecule has 1 amide bonds. The van der Waals surface area contributed by atoms with E-state index in [1.54, 1.807) is 6.07 Å². The molecule has 0 saturated heterocycles. The number of nitrogens with one attached hydrogen (secondary N) is 1. The van der Waals surface area contributed by atoms with Crippen LogP contribution < -0.4 is 5.32 Å². The number of hydrogen-bond donors (Lipinski definition) is 1. The Morgan fingerprint density at radius 2 is 1.67 bits per heavy atom. The summed E-state index contributed by atoms with van der Waals surface area (Å²) in [7, 11) is -3.57. The molecule has 0 spiro atoms. The lowest BCUT2D eigenvalue weighted by atomic mass is 9.96. The van der Waals surface area contributed by atoms with E-state index in [4.69, 9.17) is 4.74 Å². The summed E-state index contributed by atoms with van der Waals surface area (Å²) >= 11 is 0. The molecule has 0 bridgehead atoms. The highest BCUT2D eigenvalue weighted by Gasteiger charge is 2.44. The number of benzene rings is 2. The quantitative estimate of drug-likeness (QED) is 0.735. The third kappa shape index (κ3) is 4.54. The van der Waals surface area contributed by atoms with Crippen molar-refractivity contribution in [3.63, 3.8) is 0 Å². The molecular formula is C20H21NO5S.